The summed E-state index contributed by atoms with van der Waals surface area (Å²) in [6.45, 7) is 1.17. The van der Waals surface area contributed by atoms with Gasteiger partial charge in [-0.2, -0.15) is 0 Å². The summed E-state index contributed by atoms with van der Waals surface area (Å²) in [4.78, 5) is 16.4. The van der Waals surface area contributed by atoms with Crippen LogP contribution in [-0.2, 0) is 11.3 Å². The third-order valence-electron chi connectivity index (χ3n) is 5.18. The van der Waals surface area contributed by atoms with Crippen molar-refractivity contribution in [3.63, 3.8) is 0 Å². The highest BCUT2D eigenvalue weighted by atomic mass is 19.4. The van der Waals surface area contributed by atoms with Gasteiger partial charge in [0.25, 0.3) is 0 Å². The Kier molecular flexibility index (Phi) is 8.15. The van der Waals surface area contributed by atoms with Gasteiger partial charge in [-0.15, -0.1) is 13.2 Å². The van der Waals surface area contributed by atoms with Crippen LogP contribution in [0.15, 0.2) is 42.7 Å². The minimum absolute atomic E-state index is 0.0230. The van der Waals surface area contributed by atoms with E-state index in [1.54, 1.807) is 12.4 Å². The molecule has 32 heavy (non-hydrogen) atoms. The molecule has 7 nitrogen and oxygen atoms in total. The van der Waals surface area contributed by atoms with Gasteiger partial charge in [-0.25, -0.2) is 4.79 Å². The summed E-state index contributed by atoms with van der Waals surface area (Å²) in [5.41, 5.74) is 1.11. The van der Waals surface area contributed by atoms with Crippen molar-refractivity contribution in [1.29, 1.82) is 0 Å². The van der Waals surface area contributed by atoms with Crippen LogP contribution >= 0.6 is 0 Å². The SMILES string of the molecule is COc1ccc(OC(F)(F)F)cc1NC(=O)N[C@H]1CC[C@H](COCc2cccnc2)CC1. The van der Waals surface area contributed by atoms with Crippen LogP contribution in [0.25, 0.3) is 0 Å². The number of halogens is 3. The van der Waals surface area contributed by atoms with E-state index < -0.39 is 18.1 Å². The molecule has 1 heterocycles. The molecular formula is C22H26F3N3O4. The second kappa shape index (κ2) is 11.0. The number of nitrogens with zero attached hydrogens (tertiary/aromatic N) is 1. The van der Waals surface area contributed by atoms with Gasteiger partial charge in [0.1, 0.15) is 11.5 Å². The lowest BCUT2D eigenvalue weighted by Gasteiger charge is -2.29. The molecule has 3 rings (SSSR count). The smallest absolute Gasteiger partial charge is 0.495 e. The van der Waals surface area contributed by atoms with Crippen LogP contribution in [0.1, 0.15) is 31.2 Å². The number of benzene rings is 1. The van der Waals surface area contributed by atoms with E-state index in [1.165, 1.54) is 13.2 Å². The molecule has 1 aromatic carbocycles. The molecule has 0 bridgehead atoms. The second-order valence-electron chi connectivity index (χ2n) is 7.60. The van der Waals surface area contributed by atoms with Crippen LogP contribution < -0.4 is 20.1 Å². The number of aromatic nitrogens is 1. The van der Waals surface area contributed by atoms with Crippen molar-refractivity contribution in [2.75, 3.05) is 19.0 Å². The summed E-state index contributed by atoms with van der Waals surface area (Å²) in [5, 5.41) is 5.42. The van der Waals surface area contributed by atoms with Crippen LogP contribution in [0, 0.1) is 5.92 Å². The Morgan fingerprint density at radius 2 is 1.97 bits per heavy atom. The number of urea groups is 1. The van der Waals surface area contributed by atoms with E-state index in [0.717, 1.165) is 43.4 Å². The van der Waals surface area contributed by atoms with Crippen molar-refractivity contribution < 1.29 is 32.2 Å². The Labute approximate surface area is 184 Å². The molecular weight excluding hydrogens is 427 g/mol. The fourth-order valence-corrected chi connectivity index (χ4v) is 3.63. The first-order valence-electron chi connectivity index (χ1n) is 10.3. The highest BCUT2D eigenvalue weighted by Crippen LogP contribution is 2.32. The first-order valence-corrected chi connectivity index (χ1v) is 10.3. The van der Waals surface area contributed by atoms with Crippen LogP contribution in [0.4, 0.5) is 23.7 Å². The molecule has 174 valence electrons. The number of ether oxygens (including phenoxy) is 3. The molecule has 2 aromatic rings. The quantitative estimate of drug-likeness (QED) is 0.595. The molecule has 1 fully saturated rings. The van der Waals surface area contributed by atoms with E-state index in [4.69, 9.17) is 9.47 Å². The summed E-state index contributed by atoms with van der Waals surface area (Å²) in [7, 11) is 1.36. The molecule has 1 aliphatic rings. The zero-order valence-corrected chi connectivity index (χ0v) is 17.7. The lowest BCUT2D eigenvalue weighted by atomic mass is 9.86. The molecule has 0 saturated heterocycles. The fraction of sp³-hybridized carbons (Fsp3) is 0.455. The zero-order valence-electron chi connectivity index (χ0n) is 17.7. The second-order valence-corrected chi connectivity index (χ2v) is 7.60. The summed E-state index contributed by atoms with van der Waals surface area (Å²) in [6, 6.07) is 6.79. The average molecular weight is 453 g/mol. The molecule has 2 N–H and O–H groups in total. The van der Waals surface area contributed by atoms with Gasteiger partial charge in [0, 0.05) is 31.1 Å². The summed E-state index contributed by atoms with van der Waals surface area (Å²) < 4.78 is 52.2. The van der Waals surface area contributed by atoms with Crippen molar-refractivity contribution in [2.45, 2.75) is 44.7 Å². The van der Waals surface area contributed by atoms with Crippen LogP contribution in [0.3, 0.4) is 0 Å². The van der Waals surface area contributed by atoms with Crippen molar-refractivity contribution in [3.05, 3.63) is 48.3 Å². The van der Waals surface area contributed by atoms with Gasteiger partial charge in [0.05, 0.1) is 19.4 Å². The van der Waals surface area contributed by atoms with Gasteiger partial charge in [0.15, 0.2) is 0 Å². The van der Waals surface area contributed by atoms with Gasteiger partial charge < -0.3 is 24.8 Å². The predicted molar refractivity (Wildman–Crippen MR) is 111 cm³/mol. The normalized spacial score (nSPS) is 18.6. The van der Waals surface area contributed by atoms with E-state index in [0.29, 0.717) is 19.1 Å². The summed E-state index contributed by atoms with van der Waals surface area (Å²) in [6.07, 6.45) is 2.09. The number of rotatable bonds is 8. The maximum atomic E-state index is 12.5. The molecule has 0 radical (unpaired) electrons. The van der Waals surface area contributed by atoms with Crippen molar-refractivity contribution in [1.82, 2.24) is 10.3 Å². The van der Waals surface area contributed by atoms with Gasteiger partial charge in [-0.3, -0.25) is 4.98 Å². The Bertz CT molecular complexity index is 872. The number of nitrogens with one attached hydrogen (secondary N) is 2. The van der Waals surface area contributed by atoms with E-state index in [1.807, 2.05) is 12.1 Å². The van der Waals surface area contributed by atoms with Gasteiger partial charge in [0.2, 0.25) is 0 Å². The van der Waals surface area contributed by atoms with Gasteiger partial charge in [-0.1, -0.05) is 6.07 Å². The third kappa shape index (κ3) is 7.60. The minimum atomic E-state index is -4.82. The van der Waals surface area contributed by atoms with Crippen LogP contribution in [0.5, 0.6) is 11.5 Å². The first-order chi connectivity index (χ1) is 15.3. The molecule has 1 aliphatic carbocycles. The Morgan fingerprint density at radius 3 is 2.62 bits per heavy atom. The molecule has 10 heteroatoms. The highest BCUT2D eigenvalue weighted by molar-refractivity contribution is 5.91. The van der Waals surface area contributed by atoms with Crippen molar-refractivity contribution in [3.8, 4) is 11.5 Å². The van der Waals surface area contributed by atoms with Crippen molar-refractivity contribution in [2.24, 2.45) is 5.92 Å². The third-order valence-corrected chi connectivity index (χ3v) is 5.18. The molecule has 1 saturated carbocycles. The van der Waals surface area contributed by atoms with E-state index in [2.05, 4.69) is 20.4 Å². The number of hydrogen-bond donors (Lipinski definition) is 2. The highest BCUT2D eigenvalue weighted by Gasteiger charge is 2.31. The predicted octanol–water partition coefficient (Wildman–Crippen LogP) is 4.89. The zero-order chi connectivity index (χ0) is 23.0. The number of pyridine rings is 1. The number of amides is 2. The standard InChI is InChI=1S/C22H26F3N3O4/c1-30-20-9-8-18(32-22(23,24)25)11-19(20)28-21(29)27-17-6-4-15(5-7-17)13-31-14-16-3-2-10-26-12-16/h2-3,8-12,15,17H,4-7,13-14H2,1H3,(H2,27,28,29)/t15-,17-. The number of hydrogen-bond acceptors (Lipinski definition) is 5. The van der Waals surface area contributed by atoms with Gasteiger partial charge in [-0.05, 0) is 55.4 Å². The number of anilines is 1. The molecule has 0 unspecified atom stereocenters. The first kappa shape index (κ1) is 23.6. The van der Waals surface area contributed by atoms with E-state index in [9.17, 15) is 18.0 Å². The number of alkyl halides is 3. The number of carbonyl (C=O) groups is 1. The van der Waals surface area contributed by atoms with Crippen LogP contribution in [0.2, 0.25) is 0 Å². The maximum Gasteiger partial charge on any atom is 0.573 e. The Morgan fingerprint density at radius 1 is 1.19 bits per heavy atom. The summed E-state index contributed by atoms with van der Waals surface area (Å²) in [5.74, 6) is 0.202. The lowest BCUT2D eigenvalue weighted by Crippen LogP contribution is -2.40. The average Bonchev–Trinajstić information content (AvgIpc) is 2.75. The Hall–Kier alpha value is -3.01. The molecule has 2 amide bonds. The lowest BCUT2D eigenvalue weighted by molar-refractivity contribution is -0.274. The monoisotopic (exact) mass is 453 g/mol. The number of carbonyl (C=O) groups excluding carboxylic acids is 1. The molecule has 0 atom stereocenters. The molecule has 0 aliphatic heterocycles. The molecule has 1 aromatic heterocycles. The largest absolute Gasteiger partial charge is 0.573 e. The molecule has 0 spiro atoms. The Balaban J connectivity index is 1.43. The van der Waals surface area contributed by atoms with Crippen molar-refractivity contribution >= 4 is 11.7 Å². The minimum Gasteiger partial charge on any atom is -0.495 e. The van der Waals surface area contributed by atoms with Crippen LogP contribution in [-0.4, -0.2) is 37.1 Å². The van der Waals surface area contributed by atoms with Gasteiger partial charge >= 0.3 is 12.4 Å². The maximum absolute atomic E-state index is 12.5. The van der Waals surface area contributed by atoms with E-state index >= 15 is 0 Å². The number of methoxy groups -OCH3 is 1. The van der Waals surface area contributed by atoms with E-state index in [-0.39, 0.29) is 17.5 Å². The summed E-state index contributed by atoms with van der Waals surface area (Å²) >= 11 is 0. The fourth-order valence-electron chi connectivity index (χ4n) is 3.63. The topological polar surface area (TPSA) is 81.7 Å².